The van der Waals surface area contributed by atoms with E-state index in [-0.39, 0.29) is 21.4 Å². The number of halogens is 5. The molecule has 0 aliphatic carbocycles. The summed E-state index contributed by atoms with van der Waals surface area (Å²) in [5, 5.41) is 7.83. The molecule has 4 rings (SSSR count). The van der Waals surface area contributed by atoms with Crippen molar-refractivity contribution >= 4 is 70.1 Å². The van der Waals surface area contributed by atoms with Crippen molar-refractivity contribution in [3.8, 4) is 0 Å². The van der Waals surface area contributed by atoms with E-state index in [1.54, 1.807) is 79.7 Å². The maximum atomic E-state index is 13.5. The standard InChI is InChI=1S/C33H26Cl2F3N3O3S/c1-2-29(32(44)40-22-12-6-11-21(17-22)33(36,37)38)45-24-14-7-13-23(18-24)39-31(43)28(19-25-26(34)15-8-16-27(25)35)41-30(42)20-9-4-3-5-10-20/h3-19,29H,2H2,1H3,(H,39,43)(H,40,44)(H,41,42)/b28-19+. The Morgan fingerprint density at radius 3 is 2.09 bits per heavy atom. The van der Waals surface area contributed by atoms with Crippen LogP contribution in [0.1, 0.15) is 34.8 Å². The molecular weight excluding hydrogens is 646 g/mol. The fourth-order valence-corrected chi connectivity index (χ4v) is 5.58. The minimum Gasteiger partial charge on any atom is -0.325 e. The zero-order valence-electron chi connectivity index (χ0n) is 23.6. The van der Waals surface area contributed by atoms with Gasteiger partial charge in [-0.05, 0) is 73.2 Å². The van der Waals surface area contributed by atoms with Crippen LogP contribution in [-0.4, -0.2) is 23.0 Å². The van der Waals surface area contributed by atoms with E-state index in [2.05, 4.69) is 16.0 Å². The molecule has 1 atom stereocenters. The van der Waals surface area contributed by atoms with Gasteiger partial charge in [-0.3, -0.25) is 14.4 Å². The van der Waals surface area contributed by atoms with Crippen molar-refractivity contribution in [2.24, 2.45) is 0 Å². The molecule has 0 bridgehead atoms. The molecule has 232 valence electrons. The molecule has 4 aromatic carbocycles. The quantitative estimate of drug-likeness (QED) is 0.116. The Kier molecular flexibility index (Phi) is 11.3. The first-order valence-corrected chi connectivity index (χ1v) is 15.2. The second kappa shape index (κ2) is 15.2. The van der Waals surface area contributed by atoms with E-state index in [4.69, 9.17) is 23.2 Å². The highest BCUT2D eigenvalue weighted by atomic mass is 35.5. The Labute approximate surface area is 272 Å². The van der Waals surface area contributed by atoms with Crippen molar-refractivity contribution in [3.63, 3.8) is 0 Å². The molecule has 0 spiro atoms. The highest BCUT2D eigenvalue weighted by Gasteiger charge is 2.30. The van der Waals surface area contributed by atoms with Crippen LogP contribution in [-0.2, 0) is 15.8 Å². The van der Waals surface area contributed by atoms with Crippen LogP contribution in [0.2, 0.25) is 10.0 Å². The van der Waals surface area contributed by atoms with Crippen LogP contribution in [0.25, 0.3) is 6.08 Å². The second-order valence-corrected chi connectivity index (χ2v) is 11.7. The number of anilines is 2. The van der Waals surface area contributed by atoms with Crippen LogP contribution >= 0.6 is 35.0 Å². The highest BCUT2D eigenvalue weighted by molar-refractivity contribution is 8.00. The Morgan fingerprint density at radius 2 is 1.44 bits per heavy atom. The number of carbonyl (C=O) groups is 3. The first-order chi connectivity index (χ1) is 21.4. The Morgan fingerprint density at radius 1 is 0.822 bits per heavy atom. The van der Waals surface area contributed by atoms with Gasteiger partial charge in [-0.25, -0.2) is 0 Å². The number of thioether (sulfide) groups is 1. The Hall–Kier alpha value is -4.25. The monoisotopic (exact) mass is 671 g/mol. The van der Waals surface area contributed by atoms with E-state index in [0.29, 0.717) is 28.1 Å². The lowest BCUT2D eigenvalue weighted by molar-refractivity contribution is -0.137. The molecule has 0 saturated carbocycles. The van der Waals surface area contributed by atoms with E-state index < -0.39 is 34.7 Å². The second-order valence-electron chi connectivity index (χ2n) is 9.58. The average molecular weight is 673 g/mol. The summed E-state index contributed by atoms with van der Waals surface area (Å²) >= 11 is 13.8. The van der Waals surface area contributed by atoms with Crippen LogP contribution in [0.4, 0.5) is 24.5 Å². The van der Waals surface area contributed by atoms with Gasteiger partial charge in [0, 0.05) is 37.4 Å². The van der Waals surface area contributed by atoms with E-state index >= 15 is 0 Å². The third kappa shape index (κ3) is 9.37. The molecule has 0 fully saturated rings. The third-order valence-corrected chi connectivity index (χ3v) is 8.33. The number of carbonyl (C=O) groups excluding carboxylic acids is 3. The van der Waals surface area contributed by atoms with Gasteiger partial charge in [0.2, 0.25) is 5.91 Å². The zero-order valence-corrected chi connectivity index (χ0v) is 26.0. The number of hydrogen-bond donors (Lipinski definition) is 3. The molecule has 0 radical (unpaired) electrons. The SMILES string of the molecule is CCC(Sc1cccc(NC(=O)/C(=C\c2c(Cl)cccc2Cl)NC(=O)c2ccccc2)c1)C(=O)Nc1cccc(C(F)(F)F)c1. The summed E-state index contributed by atoms with van der Waals surface area (Å²) in [5.41, 5.74) is 0.0714. The summed E-state index contributed by atoms with van der Waals surface area (Å²) in [4.78, 5) is 40.0. The molecular formula is C33H26Cl2F3N3O3S. The van der Waals surface area contributed by atoms with Crippen LogP contribution < -0.4 is 16.0 Å². The Bertz CT molecular complexity index is 1710. The lowest BCUT2D eigenvalue weighted by Gasteiger charge is -2.16. The third-order valence-electron chi connectivity index (χ3n) is 6.31. The molecule has 0 aliphatic rings. The molecule has 45 heavy (non-hydrogen) atoms. The maximum Gasteiger partial charge on any atom is 0.416 e. The molecule has 4 aromatic rings. The van der Waals surface area contributed by atoms with Crippen molar-refractivity contribution in [3.05, 3.63) is 129 Å². The van der Waals surface area contributed by atoms with E-state index in [1.807, 2.05) is 0 Å². The summed E-state index contributed by atoms with van der Waals surface area (Å²) in [7, 11) is 0. The van der Waals surface area contributed by atoms with Gasteiger partial charge in [0.25, 0.3) is 11.8 Å². The lowest BCUT2D eigenvalue weighted by atomic mass is 10.1. The minimum absolute atomic E-state index is 0.0328. The van der Waals surface area contributed by atoms with Gasteiger partial charge in [-0.15, -0.1) is 11.8 Å². The lowest BCUT2D eigenvalue weighted by Crippen LogP contribution is -2.30. The van der Waals surface area contributed by atoms with Gasteiger partial charge >= 0.3 is 6.18 Å². The van der Waals surface area contributed by atoms with Crippen molar-refractivity contribution in [2.75, 3.05) is 10.6 Å². The van der Waals surface area contributed by atoms with Gasteiger partial charge in [0.15, 0.2) is 0 Å². The predicted molar refractivity (Wildman–Crippen MR) is 173 cm³/mol. The molecule has 0 aromatic heterocycles. The van der Waals surface area contributed by atoms with E-state index in [9.17, 15) is 27.6 Å². The first kappa shape index (κ1) is 33.6. The van der Waals surface area contributed by atoms with Crippen molar-refractivity contribution in [1.29, 1.82) is 0 Å². The summed E-state index contributed by atoms with van der Waals surface area (Å²) < 4.78 is 39.3. The van der Waals surface area contributed by atoms with E-state index in [1.165, 1.54) is 30.0 Å². The molecule has 0 saturated heterocycles. The van der Waals surface area contributed by atoms with Gasteiger partial charge in [-0.2, -0.15) is 13.2 Å². The molecule has 12 heteroatoms. The van der Waals surface area contributed by atoms with Crippen LogP contribution in [0, 0.1) is 0 Å². The topological polar surface area (TPSA) is 87.3 Å². The maximum absolute atomic E-state index is 13.5. The molecule has 0 aliphatic heterocycles. The number of amides is 3. The number of rotatable bonds is 10. The summed E-state index contributed by atoms with van der Waals surface area (Å²) in [6.07, 6.45) is -2.78. The highest BCUT2D eigenvalue weighted by Crippen LogP contribution is 2.32. The smallest absolute Gasteiger partial charge is 0.325 e. The number of hydrogen-bond acceptors (Lipinski definition) is 4. The van der Waals surface area contributed by atoms with Gasteiger partial charge < -0.3 is 16.0 Å². The normalized spacial score (nSPS) is 12.3. The van der Waals surface area contributed by atoms with Gasteiger partial charge in [-0.1, -0.05) is 66.5 Å². The van der Waals surface area contributed by atoms with Crippen molar-refractivity contribution in [1.82, 2.24) is 5.32 Å². The van der Waals surface area contributed by atoms with Crippen LogP contribution in [0.3, 0.4) is 0 Å². The summed E-state index contributed by atoms with van der Waals surface area (Å²) in [5.74, 6) is -1.66. The molecule has 6 nitrogen and oxygen atoms in total. The molecule has 1 unspecified atom stereocenters. The van der Waals surface area contributed by atoms with Crippen molar-refractivity contribution in [2.45, 2.75) is 29.7 Å². The number of benzene rings is 4. The average Bonchev–Trinajstić information content (AvgIpc) is 3.01. The largest absolute Gasteiger partial charge is 0.416 e. The van der Waals surface area contributed by atoms with Gasteiger partial charge in [0.05, 0.1) is 10.8 Å². The summed E-state index contributed by atoms with van der Waals surface area (Å²) in [6.45, 7) is 1.78. The van der Waals surface area contributed by atoms with Crippen molar-refractivity contribution < 1.29 is 27.6 Å². The van der Waals surface area contributed by atoms with Gasteiger partial charge in [0.1, 0.15) is 5.70 Å². The predicted octanol–water partition coefficient (Wildman–Crippen LogP) is 8.93. The fraction of sp³-hybridized carbons (Fsp3) is 0.121. The van der Waals surface area contributed by atoms with Crippen LogP contribution in [0.5, 0.6) is 0 Å². The Balaban J connectivity index is 1.52. The first-order valence-electron chi connectivity index (χ1n) is 13.5. The van der Waals surface area contributed by atoms with Crippen LogP contribution in [0.15, 0.2) is 108 Å². The minimum atomic E-state index is -4.54. The number of alkyl halides is 3. The zero-order chi connectivity index (χ0) is 32.6. The fourth-order valence-electron chi connectivity index (χ4n) is 4.06. The molecule has 0 heterocycles. The number of nitrogens with one attached hydrogen (secondary N) is 3. The summed E-state index contributed by atoms with van der Waals surface area (Å²) in [6, 6.07) is 24.3. The molecule has 3 N–H and O–H groups in total. The molecule has 3 amide bonds. The van der Waals surface area contributed by atoms with E-state index in [0.717, 1.165) is 12.1 Å².